The SMILES string of the molecule is Cc1ccc(-c2ccc(CN)c(=O)n2C(C)C)cc1C. The third-order valence-corrected chi connectivity index (χ3v) is 3.73. The van der Waals surface area contributed by atoms with Crippen molar-refractivity contribution in [1.29, 1.82) is 0 Å². The molecule has 0 aliphatic rings. The number of hydrogen-bond donors (Lipinski definition) is 1. The number of hydrogen-bond acceptors (Lipinski definition) is 2. The van der Waals surface area contributed by atoms with Crippen molar-refractivity contribution < 1.29 is 0 Å². The van der Waals surface area contributed by atoms with Crippen molar-refractivity contribution in [3.63, 3.8) is 0 Å². The monoisotopic (exact) mass is 270 g/mol. The van der Waals surface area contributed by atoms with Crippen LogP contribution in [0.5, 0.6) is 0 Å². The summed E-state index contributed by atoms with van der Waals surface area (Å²) >= 11 is 0. The molecule has 1 aromatic carbocycles. The largest absolute Gasteiger partial charge is 0.326 e. The van der Waals surface area contributed by atoms with Crippen molar-refractivity contribution in [3.05, 3.63) is 57.4 Å². The van der Waals surface area contributed by atoms with Gasteiger partial charge in [0.25, 0.3) is 5.56 Å². The van der Waals surface area contributed by atoms with Crippen molar-refractivity contribution >= 4 is 0 Å². The summed E-state index contributed by atoms with van der Waals surface area (Å²) in [4.78, 5) is 12.5. The van der Waals surface area contributed by atoms with Gasteiger partial charge in [0.1, 0.15) is 0 Å². The second-order valence-electron chi connectivity index (χ2n) is 5.52. The molecule has 20 heavy (non-hydrogen) atoms. The predicted octanol–water partition coefficient (Wildman–Crippen LogP) is 3.17. The second kappa shape index (κ2) is 5.63. The lowest BCUT2D eigenvalue weighted by Crippen LogP contribution is -2.27. The zero-order valence-electron chi connectivity index (χ0n) is 12.6. The summed E-state index contributed by atoms with van der Waals surface area (Å²) in [6.07, 6.45) is 0. The number of benzene rings is 1. The molecule has 3 nitrogen and oxygen atoms in total. The highest BCUT2D eigenvalue weighted by molar-refractivity contribution is 5.62. The van der Waals surface area contributed by atoms with E-state index in [4.69, 9.17) is 5.73 Å². The van der Waals surface area contributed by atoms with E-state index >= 15 is 0 Å². The first-order valence-electron chi connectivity index (χ1n) is 6.97. The molecule has 0 aliphatic carbocycles. The Morgan fingerprint density at radius 2 is 1.80 bits per heavy atom. The molecular formula is C17H22N2O. The standard InChI is InChI=1S/C17H22N2O/c1-11(2)19-16(8-7-15(10-18)17(19)20)14-6-5-12(3)13(4)9-14/h5-9,11H,10,18H2,1-4H3. The van der Waals surface area contributed by atoms with E-state index in [1.807, 2.05) is 30.5 Å². The van der Waals surface area contributed by atoms with Crippen molar-refractivity contribution in [2.45, 2.75) is 40.3 Å². The average molecular weight is 270 g/mol. The fourth-order valence-electron chi connectivity index (χ4n) is 2.40. The van der Waals surface area contributed by atoms with Crippen LogP contribution in [0.1, 0.15) is 36.6 Å². The highest BCUT2D eigenvalue weighted by Crippen LogP contribution is 2.23. The van der Waals surface area contributed by atoms with Gasteiger partial charge in [-0.05, 0) is 56.5 Å². The topological polar surface area (TPSA) is 48.0 Å². The Bertz CT molecular complexity index is 684. The molecule has 1 aromatic heterocycles. The number of aromatic nitrogens is 1. The number of pyridine rings is 1. The Hall–Kier alpha value is -1.87. The molecule has 0 saturated heterocycles. The maximum atomic E-state index is 12.5. The van der Waals surface area contributed by atoms with Crippen molar-refractivity contribution in [2.24, 2.45) is 5.73 Å². The molecule has 0 atom stereocenters. The molecule has 1 heterocycles. The number of nitrogens with two attached hydrogens (primary N) is 1. The van der Waals surface area contributed by atoms with Crippen LogP contribution >= 0.6 is 0 Å². The lowest BCUT2D eigenvalue weighted by Gasteiger charge is -2.18. The lowest BCUT2D eigenvalue weighted by molar-refractivity contribution is 0.580. The summed E-state index contributed by atoms with van der Waals surface area (Å²) in [6, 6.07) is 10.2. The molecule has 0 amide bonds. The van der Waals surface area contributed by atoms with Gasteiger partial charge in [0.05, 0.1) is 5.69 Å². The van der Waals surface area contributed by atoms with E-state index in [1.165, 1.54) is 11.1 Å². The van der Waals surface area contributed by atoms with Crippen molar-refractivity contribution in [3.8, 4) is 11.3 Å². The fourth-order valence-corrected chi connectivity index (χ4v) is 2.40. The van der Waals surface area contributed by atoms with Gasteiger partial charge in [-0.25, -0.2) is 0 Å². The summed E-state index contributed by atoms with van der Waals surface area (Å²) < 4.78 is 1.83. The smallest absolute Gasteiger partial charge is 0.255 e. The van der Waals surface area contributed by atoms with Crippen LogP contribution in [-0.4, -0.2) is 4.57 Å². The molecule has 0 spiro atoms. The van der Waals surface area contributed by atoms with Gasteiger partial charge >= 0.3 is 0 Å². The van der Waals surface area contributed by atoms with Crippen molar-refractivity contribution in [2.75, 3.05) is 0 Å². The molecular weight excluding hydrogens is 248 g/mol. The van der Waals surface area contributed by atoms with E-state index in [1.54, 1.807) is 0 Å². The number of rotatable bonds is 3. The molecule has 2 aromatic rings. The van der Waals surface area contributed by atoms with Crippen LogP contribution < -0.4 is 11.3 Å². The first-order chi connectivity index (χ1) is 9.45. The lowest BCUT2D eigenvalue weighted by atomic mass is 10.0. The summed E-state index contributed by atoms with van der Waals surface area (Å²) in [6.45, 7) is 8.49. The molecule has 3 heteroatoms. The summed E-state index contributed by atoms with van der Waals surface area (Å²) in [7, 11) is 0. The summed E-state index contributed by atoms with van der Waals surface area (Å²) in [5.41, 5.74) is 10.8. The third kappa shape index (κ3) is 2.54. The van der Waals surface area contributed by atoms with E-state index in [2.05, 4.69) is 32.0 Å². The highest BCUT2D eigenvalue weighted by atomic mass is 16.1. The van der Waals surface area contributed by atoms with E-state index in [-0.39, 0.29) is 18.1 Å². The molecule has 106 valence electrons. The van der Waals surface area contributed by atoms with E-state index in [0.29, 0.717) is 5.56 Å². The zero-order chi connectivity index (χ0) is 14.9. The van der Waals surface area contributed by atoms with Crippen LogP contribution in [0, 0.1) is 13.8 Å². The Labute approximate surface area is 120 Å². The third-order valence-electron chi connectivity index (χ3n) is 3.73. The number of aryl methyl sites for hydroxylation is 2. The Morgan fingerprint density at radius 1 is 1.10 bits per heavy atom. The van der Waals surface area contributed by atoms with Gasteiger partial charge in [0.15, 0.2) is 0 Å². The minimum Gasteiger partial charge on any atom is -0.326 e. The summed E-state index contributed by atoms with van der Waals surface area (Å²) in [5, 5.41) is 0. The minimum absolute atomic E-state index is 0.0122. The Kier molecular flexibility index (Phi) is 4.09. The van der Waals surface area contributed by atoms with Gasteiger partial charge < -0.3 is 10.3 Å². The zero-order valence-corrected chi connectivity index (χ0v) is 12.6. The van der Waals surface area contributed by atoms with Crippen LogP contribution in [0.4, 0.5) is 0 Å². The van der Waals surface area contributed by atoms with Gasteiger partial charge in [-0.3, -0.25) is 4.79 Å². The Morgan fingerprint density at radius 3 is 2.35 bits per heavy atom. The molecule has 0 radical (unpaired) electrons. The average Bonchev–Trinajstić information content (AvgIpc) is 2.41. The maximum absolute atomic E-state index is 12.5. The van der Waals surface area contributed by atoms with Crippen LogP contribution in [0.15, 0.2) is 35.1 Å². The first kappa shape index (κ1) is 14.5. The fraction of sp³-hybridized carbons (Fsp3) is 0.353. The maximum Gasteiger partial charge on any atom is 0.255 e. The molecule has 0 unspecified atom stereocenters. The van der Waals surface area contributed by atoms with Gasteiger partial charge in [-0.15, -0.1) is 0 Å². The van der Waals surface area contributed by atoms with Crippen LogP contribution in [0.25, 0.3) is 11.3 Å². The normalized spacial score (nSPS) is 11.1. The highest BCUT2D eigenvalue weighted by Gasteiger charge is 2.12. The van der Waals surface area contributed by atoms with E-state index in [9.17, 15) is 4.79 Å². The predicted molar refractivity (Wildman–Crippen MR) is 83.9 cm³/mol. The van der Waals surface area contributed by atoms with E-state index in [0.717, 1.165) is 11.3 Å². The Balaban J connectivity index is 2.70. The molecule has 0 bridgehead atoms. The molecule has 0 fully saturated rings. The number of nitrogens with zero attached hydrogens (tertiary/aromatic N) is 1. The van der Waals surface area contributed by atoms with Crippen LogP contribution in [0.2, 0.25) is 0 Å². The van der Waals surface area contributed by atoms with E-state index < -0.39 is 0 Å². The van der Waals surface area contributed by atoms with Gasteiger partial charge in [0, 0.05) is 18.2 Å². The molecule has 2 N–H and O–H groups in total. The molecule has 0 aliphatic heterocycles. The first-order valence-corrected chi connectivity index (χ1v) is 6.97. The second-order valence-corrected chi connectivity index (χ2v) is 5.52. The minimum atomic E-state index is 0.0122. The quantitative estimate of drug-likeness (QED) is 0.931. The van der Waals surface area contributed by atoms with Crippen LogP contribution in [-0.2, 0) is 6.54 Å². The van der Waals surface area contributed by atoms with Gasteiger partial charge in [-0.2, -0.15) is 0 Å². The van der Waals surface area contributed by atoms with Crippen LogP contribution in [0.3, 0.4) is 0 Å². The molecule has 2 rings (SSSR count). The summed E-state index contributed by atoms with van der Waals surface area (Å²) in [5.74, 6) is 0. The van der Waals surface area contributed by atoms with Crippen molar-refractivity contribution in [1.82, 2.24) is 4.57 Å². The molecule has 0 saturated carbocycles. The van der Waals surface area contributed by atoms with Gasteiger partial charge in [-0.1, -0.05) is 18.2 Å². The van der Waals surface area contributed by atoms with Gasteiger partial charge in [0.2, 0.25) is 0 Å².